The molecule has 2 unspecified atom stereocenters. The second-order valence-electron chi connectivity index (χ2n) is 6.24. The van der Waals surface area contributed by atoms with E-state index < -0.39 is 0 Å². The van der Waals surface area contributed by atoms with Crippen molar-refractivity contribution in [1.82, 2.24) is 5.32 Å². The first-order valence-corrected chi connectivity index (χ1v) is 8.10. The minimum atomic E-state index is -0.120. The molecule has 0 bridgehead atoms. The number of carbonyl (C=O) groups is 1. The van der Waals surface area contributed by atoms with Gasteiger partial charge in [0, 0.05) is 12.6 Å². The van der Waals surface area contributed by atoms with Crippen LogP contribution < -0.4 is 5.32 Å². The molecule has 1 N–H and O–H groups in total. The van der Waals surface area contributed by atoms with Gasteiger partial charge in [-0.3, -0.25) is 4.79 Å². The number of hydrogen-bond acceptors (Lipinski definition) is 3. The molecule has 2 atom stereocenters. The van der Waals surface area contributed by atoms with E-state index in [0.29, 0.717) is 19.2 Å². The van der Waals surface area contributed by atoms with Gasteiger partial charge in [-0.25, -0.2) is 0 Å². The molecule has 1 aromatic carbocycles. The summed E-state index contributed by atoms with van der Waals surface area (Å²) in [5.41, 5.74) is 1.03. The Bertz CT molecular complexity index is 426. The lowest BCUT2D eigenvalue weighted by Gasteiger charge is -2.22. The summed E-state index contributed by atoms with van der Waals surface area (Å²) >= 11 is 0. The van der Waals surface area contributed by atoms with Gasteiger partial charge in [-0.2, -0.15) is 0 Å². The van der Waals surface area contributed by atoms with Crippen LogP contribution in [0.15, 0.2) is 30.3 Å². The van der Waals surface area contributed by atoms with E-state index in [-0.39, 0.29) is 11.9 Å². The van der Waals surface area contributed by atoms with Crippen LogP contribution >= 0.6 is 0 Å². The summed E-state index contributed by atoms with van der Waals surface area (Å²) < 4.78 is 5.37. The standard InChI is InChI=1S/C18H27NO2/c1-14(12-19-15(2)17-10-6-7-11-17)18(20)21-13-16-8-4-3-5-9-16/h3-5,8-9,14-15,17,19H,6-7,10-13H2,1-2H3. The van der Waals surface area contributed by atoms with Crippen LogP contribution in [0, 0.1) is 11.8 Å². The normalized spacial score (nSPS) is 18.4. The smallest absolute Gasteiger partial charge is 0.310 e. The third-order valence-corrected chi connectivity index (χ3v) is 4.48. The third-order valence-electron chi connectivity index (χ3n) is 4.48. The number of rotatable bonds is 7. The number of hydrogen-bond donors (Lipinski definition) is 1. The van der Waals surface area contributed by atoms with Crippen LogP contribution in [0.25, 0.3) is 0 Å². The van der Waals surface area contributed by atoms with Crippen molar-refractivity contribution in [2.75, 3.05) is 6.54 Å². The number of benzene rings is 1. The van der Waals surface area contributed by atoms with Gasteiger partial charge in [-0.1, -0.05) is 50.1 Å². The zero-order chi connectivity index (χ0) is 15.1. The highest BCUT2D eigenvalue weighted by molar-refractivity contribution is 5.72. The van der Waals surface area contributed by atoms with Crippen molar-refractivity contribution < 1.29 is 9.53 Å². The summed E-state index contributed by atoms with van der Waals surface area (Å²) in [6.07, 6.45) is 5.35. The SMILES string of the molecule is CC(CNC(C)C1CCCC1)C(=O)OCc1ccccc1. The lowest BCUT2D eigenvalue weighted by atomic mass is 9.99. The van der Waals surface area contributed by atoms with Gasteiger partial charge in [0.1, 0.15) is 6.61 Å². The van der Waals surface area contributed by atoms with E-state index in [2.05, 4.69) is 12.2 Å². The molecule has 0 amide bonds. The first-order chi connectivity index (χ1) is 10.2. The summed E-state index contributed by atoms with van der Waals surface area (Å²) in [5.74, 6) is 0.556. The van der Waals surface area contributed by atoms with Gasteiger partial charge in [0.2, 0.25) is 0 Å². The maximum absolute atomic E-state index is 12.0. The molecule has 3 nitrogen and oxygen atoms in total. The molecule has 116 valence electrons. The van der Waals surface area contributed by atoms with Gasteiger partial charge in [0.15, 0.2) is 0 Å². The van der Waals surface area contributed by atoms with Crippen LogP contribution in [0.1, 0.15) is 45.1 Å². The Morgan fingerprint density at radius 1 is 1.24 bits per heavy atom. The van der Waals surface area contributed by atoms with Crippen LogP contribution in [0.5, 0.6) is 0 Å². The Kier molecular flexibility index (Phi) is 6.24. The molecule has 0 radical (unpaired) electrons. The maximum Gasteiger partial charge on any atom is 0.310 e. The summed E-state index contributed by atoms with van der Waals surface area (Å²) in [7, 11) is 0. The van der Waals surface area contributed by atoms with Crippen molar-refractivity contribution in [2.45, 2.75) is 52.2 Å². The second kappa shape index (κ2) is 8.18. The predicted molar refractivity (Wildman–Crippen MR) is 84.8 cm³/mol. The minimum Gasteiger partial charge on any atom is -0.461 e. The summed E-state index contributed by atoms with van der Waals surface area (Å²) in [6.45, 7) is 5.23. The van der Waals surface area contributed by atoms with Crippen LogP contribution in [-0.4, -0.2) is 18.6 Å². The number of esters is 1. The van der Waals surface area contributed by atoms with Gasteiger partial charge in [0.05, 0.1) is 5.92 Å². The van der Waals surface area contributed by atoms with Gasteiger partial charge in [-0.05, 0) is 31.2 Å². The highest BCUT2D eigenvalue weighted by Gasteiger charge is 2.22. The molecule has 0 aliphatic heterocycles. The van der Waals surface area contributed by atoms with Crippen molar-refractivity contribution in [2.24, 2.45) is 11.8 Å². The van der Waals surface area contributed by atoms with E-state index in [0.717, 1.165) is 11.5 Å². The van der Waals surface area contributed by atoms with E-state index in [1.54, 1.807) is 0 Å². The molecule has 2 rings (SSSR count). The predicted octanol–water partition coefficient (Wildman–Crippen LogP) is 3.53. The fourth-order valence-corrected chi connectivity index (χ4v) is 2.94. The van der Waals surface area contributed by atoms with Crippen molar-refractivity contribution in [3.63, 3.8) is 0 Å². The van der Waals surface area contributed by atoms with E-state index in [1.165, 1.54) is 25.7 Å². The van der Waals surface area contributed by atoms with Gasteiger partial charge >= 0.3 is 5.97 Å². The quantitative estimate of drug-likeness (QED) is 0.780. The van der Waals surface area contributed by atoms with E-state index in [4.69, 9.17) is 4.74 Å². The fraction of sp³-hybridized carbons (Fsp3) is 0.611. The fourth-order valence-electron chi connectivity index (χ4n) is 2.94. The number of carbonyl (C=O) groups excluding carboxylic acids is 1. The molecular formula is C18H27NO2. The number of ether oxygens (including phenoxy) is 1. The lowest BCUT2D eigenvalue weighted by Crippen LogP contribution is -2.37. The summed E-state index contributed by atoms with van der Waals surface area (Å²) in [6, 6.07) is 10.3. The maximum atomic E-state index is 12.0. The van der Waals surface area contributed by atoms with Gasteiger partial charge in [0.25, 0.3) is 0 Å². The molecule has 1 aliphatic carbocycles. The van der Waals surface area contributed by atoms with E-state index in [1.807, 2.05) is 37.3 Å². The molecule has 1 aliphatic rings. The molecule has 0 saturated heterocycles. The Hall–Kier alpha value is -1.35. The second-order valence-corrected chi connectivity index (χ2v) is 6.24. The van der Waals surface area contributed by atoms with Crippen molar-refractivity contribution in [1.29, 1.82) is 0 Å². The first kappa shape index (κ1) is 16.0. The van der Waals surface area contributed by atoms with Crippen molar-refractivity contribution in [3.8, 4) is 0 Å². The molecule has 0 aromatic heterocycles. The van der Waals surface area contributed by atoms with Gasteiger partial charge < -0.3 is 10.1 Å². The molecule has 0 heterocycles. The zero-order valence-electron chi connectivity index (χ0n) is 13.2. The lowest BCUT2D eigenvalue weighted by molar-refractivity contribution is -0.149. The highest BCUT2D eigenvalue weighted by Crippen LogP contribution is 2.27. The first-order valence-electron chi connectivity index (χ1n) is 8.10. The van der Waals surface area contributed by atoms with Crippen LogP contribution in [0.3, 0.4) is 0 Å². The summed E-state index contributed by atoms with van der Waals surface area (Å²) in [5, 5.41) is 3.50. The average molecular weight is 289 g/mol. The largest absolute Gasteiger partial charge is 0.461 e. The number of nitrogens with one attached hydrogen (secondary N) is 1. The molecule has 0 spiro atoms. The van der Waals surface area contributed by atoms with Crippen LogP contribution in [0.4, 0.5) is 0 Å². The van der Waals surface area contributed by atoms with Gasteiger partial charge in [-0.15, -0.1) is 0 Å². The highest BCUT2D eigenvalue weighted by atomic mass is 16.5. The third kappa shape index (κ3) is 5.16. The topological polar surface area (TPSA) is 38.3 Å². The Balaban J connectivity index is 1.67. The zero-order valence-corrected chi connectivity index (χ0v) is 13.2. The Morgan fingerprint density at radius 2 is 1.90 bits per heavy atom. The van der Waals surface area contributed by atoms with E-state index >= 15 is 0 Å². The molecular weight excluding hydrogens is 262 g/mol. The molecule has 1 fully saturated rings. The Morgan fingerprint density at radius 3 is 2.57 bits per heavy atom. The minimum absolute atomic E-state index is 0.0995. The molecule has 3 heteroatoms. The molecule has 1 aromatic rings. The van der Waals surface area contributed by atoms with Crippen LogP contribution in [0.2, 0.25) is 0 Å². The van der Waals surface area contributed by atoms with Crippen molar-refractivity contribution >= 4 is 5.97 Å². The van der Waals surface area contributed by atoms with Crippen molar-refractivity contribution in [3.05, 3.63) is 35.9 Å². The van der Waals surface area contributed by atoms with E-state index in [9.17, 15) is 4.79 Å². The molecule has 1 saturated carbocycles. The molecule has 21 heavy (non-hydrogen) atoms. The Labute approximate surface area is 128 Å². The average Bonchev–Trinajstić information content (AvgIpc) is 3.05. The van der Waals surface area contributed by atoms with Crippen LogP contribution in [-0.2, 0) is 16.1 Å². The summed E-state index contributed by atoms with van der Waals surface area (Å²) in [4.78, 5) is 12.0. The monoisotopic (exact) mass is 289 g/mol.